The number of ether oxygens (including phenoxy) is 1. The number of carboxylic acid groups (broad SMARTS) is 1. The van der Waals surface area contributed by atoms with Gasteiger partial charge in [0.1, 0.15) is 11.3 Å². The molecule has 76 valence electrons. The van der Waals surface area contributed by atoms with E-state index in [-0.39, 0.29) is 11.3 Å². The summed E-state index contributed by atoms with van der Waals surface area (Å²) in [6.45, 7) is 0. The van der Waals surface area contributed by atoms with E-state index in [2.05, 4.69) is 11.8 Å². The van der Waals surface area contributed by atoms with Gasteiger partial charge in [-0.2, -0.15) is 0 Å². The van der Waals surface area contributed by atoms with E-state index < -0.39 is 5.97 Å². The highest BCUT2D eigenvalue weighted by atomic mass is 16.5. The fourth-order valence-electron chi connectivity index (χ4n) is 1.07. The normalized spacial score (nSPS) is 8.60. The highest BCUT2D eigenvalue weighted by molar-refractivity contribution is 5.91. The lowest BCUT2D eigenvalue weighted by Gasteiger charge is -2.04. The van der Waals surface area contributed by atoms with Crippen molar-refractivity contribution >= 4 is 12.3 Å². The van der Waals surface area contributed by atoms with E-state index in [1.54, 1.807) is 6.07 Å². The maximum Gasteiger partial charge on any atom is 0.339 e. The van der Waals surface area contributed by atoms with E-state index in [1.165, 1.54) is 19.2 Å². The summed E-state index contributed by atoms with van der Waals surface area (Å²) in [6, 6.07) is 4.44. The highest BCUT2D eigenvalue weighted by Crippen LogP contribution is 2.19. The predicted molar refractivity (Wildman–Crippen MR) is 52.9 cm³/mol. The molecule has 0 amide bonds. The average molecular weight is 204 g/mol. The van der Waals surface area contributed by atoms with Crippen molar-refractivity contribution < 1.29 is 19.4 Å². The number of methoxy groups -OCH3 is 1. The Morgan fingerprint density at radius 3 is 2.80 bits per heavy atom. The minimum absolute atomic E-state index is 0.0233. The third-order valence-corrected chi connectivity index (χ3v) is 1.71. The van der Waals surface area contributed by atoms with Crippen LogP contribution in [0.3, 0.4) is 0 Å². The third kappa shape index (κ3) is 2.58. The zero-order chi connectivity index (χ0) is 11.3. The van der Waals surface area contributed by atoms with Crippen LogP contribution in [0, 0.1) is 11.8 Å². The van der Waals surface area contributed by atoms with Gasteiger partial charge in [0.05, 0.1) is 7.11 Å². The van der Waals surface area contributed by atoms with Crippen molar-refractivity contribution in [1.82, 2.24) is 0 Å². The van der Waals surface area contributed by atoms with Crippen LogP contribution >= 0.6 is 0 Å². The molecule has 4 heteroatoms. The summed E-state index contributed by atoms with van der Waals surface area (Å²) < 4.78 is 4.87. The van der Waals surface area contributed by atoms with Crippen molar-refractivity contribution in [3.05, 3.63) is 29.3 Å². The zero-order valence-corrected chi connectivity index (χ0v) is 7.98. The molecule has 0 aliphatic rings. The maximum absolute atomic E-state index is 10.8. The molecule has 0 aliphatic heterocycles. The highest BCUT2D eigenvalue weighted by Gasteiger charge is 2.10. The molecule has 0 aromatic heterocycles. The van der Waals surface area contributed by atoms with E-state index in [1.807, 2.05) is 0 Å². The Kier molecular flexibility index (Phi) is 3.47. The number of rotatable bonds is 2. The summed E-state index contributed by atoms with van der Waals surface area (Å²) in [5.74, 6) is 3.88. The molecule has 0 fully saturated rings. The monoisotopic (exact) mass is 204 g/mol. The number of hydrogen-bond donors (Lipinski definition) is 1. The zero-order valence-electron chi connectivity index (χ0n) is 7.98. The van der Waals surface area contributed by atoms with Gasteiger partial charge in [-0.1, -0.05) is 5.92 Å². The first-order valence-electron chi connectivity index (χ1n) is 4.05. The Labute approximate surface area is 86.5 Å². The van der Waals surface area contributed by atoms with E-state index >= 15 is 0 Å². The van der Waals surface area contributed by atoms with Gasteiger partial charge in [-0.3, -0.25) is 4.79 Å². The van der Waals surface area contributed by atoms with Crippen molar-refractivity contribution in [3.8, 4) is 17.6 Å². The van der Waals surface area contributed by atoms with E-state index in [0.717, 1.165) is 0 Å². The van der Waals surface area contributed by atoms with Crippen LogP contribution in [0.1, 0.15) is 15.9 Å². The molecule has 0 unspecified atom stereocenters. The van der Waals surface area contributed by atoms with Crippen LogP contribution in [0.15, 0.2) is 18.2 Å². The van der Waals surface area contributed by atoms with Crippen LogP contribution in [-0.4, -0.2) is 24.5 Å². The third-order valence-electron chi connectivity index (χ3n) is 1.71. The second-order valence-corrected chi connectivity index (χ2v) is 2.61. The summed E-state index contributed by atoms with van der Waals surface area (Å²) in [5, 5.41) is 8.85. The number of benzene rings is 1. The van der Waals surface area contributed by atoms with E-state index in [4.69, 9.17) is 9.84 Å². The molecular weight excluding hydrogens is 196 g/mol. The molecule has 0 bridgehead atoms. The van der Waals surface area contributed by atoms with Crippen molar-refractivity contribution in [2.75, 3.05) is 7.11 Å². The van der Waals surface area contributed by atoms with Gasteiger partial charge in [0.2, 0.25) is 0 Å². The molecule has 1 aromatic carbocycles. The van der Waals surface area contributed by atoms with Crippen LogP contribution in [0.4, 0.5) is 0 Å². The fraction of sp³-hybridized carbons (Fsp3) is 0.0909. The van der Waals surface area contributed by atoms with Crippen LogP contribution in [0.2, 0.25) is 0 Å². The molecule has 0 aliphatic carbocycles. The van der Waals surface area contributed by atoms with Crippen LogP contribution in [0.25, 0.3) is 0 Å². The molecule has 0 spiro atoms. The fourth-order valence-corrected chi connectivity index (χ4v) is 1.07. The van der Waals surface area contributed by atoms with Gasteiger partial charge in [0.25, 0.3) is 0 Å². The quantitative estimate of drug-likeness (QED) is 0.575. The van der Waals surface area contributed by atoms with E-state index in [0.29, 0.717) is 11.8 Å². The molecular formula is C11H8O4. The molecule has 0 atom stereocenters. The second-order valence-electron chi connectivity index (χ2n) is 2.61. The molecule has 1 N–H and O–H groups in total. The number of aldehydes is 1. The minimum atomic E-state index is -1.10. The number of carbonyl (C=O) groups excluding carboxylic acids is 1. The maximum atomic E-state index is 10.8. The number of aromatic carboxylic acids is 1. The molecule has 0 radical (unpaired) electrons. The van der Waals surface area contributed by atoms with Gasteiger partial charge < -0.3 is 9.84 Å². The largest absolute Gasteiger partial charge is 0.496 e. The summed E-state index contributed by atoms with van der Waals surface area (Å²) >= 11 is 0. The van der Waals surface area contributed by atoms with Gasteiger partial charge in [-0.05, 0) is 24.1 Å². The van der Waals surface area contributed by atoms with E-state index in [9.17, 15) is 9.59 Å². The van der Waals surface area contributed by atoms with Gasteiger partial charge in [0.15, 0.2) is 6.29 Å². The SMILES string of the molecule is COc1ccc(C#CC=O)cc1C(=O)O. The molecule has 1 aromatic rings. The van der Waals surface area contributed by atoms with Crippen LogP contribution in [-0.2, 0) is 4.79 Å². The Bertz CT molecular complexity index is 451. The number of carboxylic acids is 1. The minimum Gasteiger partial charge on any atom is -0.496 e. The molecule has 15 heavy (non-hydrogen) atoms. The van der Waals surface area contributed by atoms with Crippen LogP contribution in [0.5, 0.6) is 5.75 Å². The summed E-state index contributed by atoms with van der Waals surface area (Å²) in [7, 11) is 1.39. The standard InChI is InChI=1S/C11H8O4/c1-15-10-5-4-8(3-2-6-12)7-9(10)11(13)14/h4-7H,1H3,(H,13,14). The number of carbonyl (C=O) groups is 2. The number of hydrogen-bond acceptors (Lipinski definition) is 3. The van der Waals surface area contributed by atoms with Crippen molar-refractivity contribution in [3.63, 3.8) is 0 Å². The smallest absolute Gasteiger partial charge is 0.339 e. The van der Waals surface area contributed by atoms with Crippen molar-refractivity contribution in [1.29, 1.82) is 0 Å². The van der Waals surface area contributed by atoms with Crippen LogP contribution < -0.4 is 4.74 Å². The first kappa shape index (κ1) is 10.8. The van der Waals surface area contributed by atoms with Gasteiger partial charge in [0, 0.05) is 5.56 Å². The summed E-state index contributed by atoms with van der Waals surface area (Å²) in [6.07, 6.45) is 0.449. The van der Waals surface area contributed by atoms with Gasteiger partial charge >= 0.3 is 5.97 Å². The Morgan fingerprint density at radius 2 is 2.27 bits per heavy atom. The average Bonchev–Trinajstić information content (AvgIpc) is 2.25. The van der Waals surface area contributed by atoms with Crippen molar-refractivity contribution in [2.24, 2.45) is 0 Å². The summed E-state index contributed by atoms with van der Waals surface area (Å²) in [5.41, 5.74) is 0.482. The van der Waals surface area contributed by atoms with Gasteiger partial charge in [-0.25, -0.2) is 4.79 Å². The Morgan fingerprint density at radius 1 is 1.53 bits per heavy atom. The summed E-state index contributed by atoms with van der Waals surface area (Å²) in [4.78, 5) is 20.8. The lowest BCUT2D eigenvalue weighted by molar-refractivity contribution is -0.103. The predicted octanol–water partition coefficient (Wildman–Crippen LogP) is 0.944. The molecule has 4 nitrogen and oxygen atoms in total. The van der Waals surface area contributed by atoms with Gasteiger partial charge in [-0.15, -0.1) is 0 Å². The Balaban J connectivity index is 3.21. The first-order valence-corrected chi connectivity index (χ1v) is 4.05. The molecule has 0 saturated heterocycles. The molecule has 0 heterocycles. The lowest BCUT2D eigenvalue weighted by Crippen LogP contribution is -2.00. The lowest BCUT2D eigenvalue weighted by atomic mass is 10.1. The molecule has 0 saturated carbocycles. The molecule has 1 rings (SSSR count). The van der Waals surface area contributed by atoms with Crippen molar-refractivity contribution in [2.45, 2.75) is 0 Å². The topological polar surface area (TPSA) is 63.6 Å². The Hall–Kier alpha value is -2.28. The second kappa shape index (κ2) is 4.82. The first-order chi connectivity index (χ1) is 7.19.